The van der Waals surface area contributed by atoms with Crippen molar-refractivity contribution in [2.45, 2.75) is 31.4 Å². The third-order valence-electron chi connectivity index (χ3n) is 3.77. The summed E-state index contributed by atoms with van der Waals surface area (Å²) in [4.78, 5) is 13.0. The molecule has 0 amide bonds. The van der Waals surface area contributed by atoms with Crippen molar-refractivity contribution in [2.75, 3.05) is 26.2 Å². The van der Waals surface area contributed by atoms with Gasteiger partial charge in [0.05, 0.1) is 0 Å². The Bertz CT molecular complexity index is 280. The normalized spacial score (nSPS) is 34.4. The summed E-state index contributed by atoms with van der Waals surface area (Å²) in [5.41, 5.74) is -1.63. The Morgan fingerprint density at radius 3 is 3.00 bits per heavy atom. The quantitative estimate of drug-likeness (QED) is 0.607. The van der Waals surface area contributed by atoms with Crippen molar-refractivity contribution >= 4 is 5.97 Å². The van der Waals surface area contributed by atoms with E-state index in [-0.39, 0.29) is 6.54 Å². The molecule has 2 fully saturated rings. The number of aliphatic hydroxyl groups is 1. The predicted octanol–water partition coefficient (Wildman–Crippen LogP) is -0.494. The summed E-state index contributed by atoms with van der Waals surface area (Å²) in [5.74, 6) is -0.515. The van der Waals surface area contributed by atoms with E-state index >= 15 is 0 Å². The molecule has 0 aromatic heterocycles. The Kier molecular flexibility index (Phi) is 3.19. The Morgan fingerprint density at radius 1 is 1.56 bits per heavy atom. The summed E-state index contributed by atoms with van der Waals surface area (Å²) >= 11 is 0. The SMILES string of the molecule is CC(O)(CN1CCCC2CNCC21)C(=O)O. The lowest BCUT2D eigenvalue weighted by atomic mass is 9.90. The van der Waals surface area contributed by atoms with Crippen molar-refractivity contribution in [1.29, 1.82) is 0 Å². The maximum Gasteiger partial charge on any atom is 0.336 e. The lowest BCUT2D eigenvalue weighted by Gasteiger charge is -2.39. The van der Waals surface area contributed by atoms with Crippen LogP contribution in [-0.2, 0) is 4.79 Å². The highest BCUT2D eigenvalue weighted by molar-refractivity contribution is 5.76. The fourth-order valence-corrected chi connectivity index (χ4v) is 2.82. The van der Waals surface area contributed by atoms with E-state index < -0.39 is 11.6 Å². The number of fused-ring (bicyclic) bond motifs is 1. The van der Waals surface area contributed by atoms with Crippen LogP contribution < -0.4 is 5.32 Å². The minimum absolute atomic E-state index is 0.227. The topological polar surface area (TPSA) is 72.8 Å². The molecule has 0 bridgehead atoms. The number of nitrogens with one attached hydrogen (secondary N) is 1. The van der Waals surface area contributed by atoms with Gasteiger partial charge in [0.2, 0.25) is 0 Å². The summed E-state index contributed by atoms with van der Waals surface area (Å²) in [6, 6.07) is 0.402. The van der Waals surface area contributed by atoms with Gasteiger partial charge in [0.25, 0.3) is 0 Å². The van der Waals surface area contributed by atoms with Crippen LogP contribution in [0.4, 0.5) is 0 Å². The molecule has 92 valence electrons. The van der Waals surface area contributed by atoms with Crippen LogP contribution in [0.3, 0.4) is 0 Å². The summed E-state index contributed by atoms with van der Waals surface area (Å²) in [5, 5.41) is 22.1. The van der Waals surface area contributed by atoms with Gasteiger partial charge >= 0.3 is 5.97 Å². The average molecular weight is 228 g/mol. The molecule has 3 atom stereocenters. The Balaban J connectivity index is 2.01. The number of nitrogens with zero attached hydrogens (tertiary/aromatic N) is 1. The molecule has 2 rings (SSSR count). The Hall–Kier alpha value is -0.650. The summed E-state index contributed by atoms with van der Waals surface area (Å²) in [6.07, 6.45) is 2.31. The van der Waals surface area contributed by atoms with Gasteiger partial charge in [-0.3, -0.25) is 4.90 Å². The summed E-state index contributed by atoms with van der Waals surface area (Å²) < 4.78 is 0. The van der Waals surface area contributed by atoms with E-state index in [1.54, 1.807) is 0 Å². The molecule has 0 aromatic rings. The van der Waals surface area contributed by atoms with E-state index in [1.807, 2.05) is 0 Å². The standard InChI is InChI=1S/C11H20N2O3/c1-11(16,10(14)15)7-13-4-2-3-8-5-12-6-9(8)13/h8-9,12,16H,2-7H2,1H3,(H,14,15). The third-order valence-corrected chi connectivity index (χ3v) is 3.77. The number of β-amino-alcohol motifs (C(OH)–C–C–N with tert-alkyl or cyclic N) is 1. The third kappa shape index (κ3) is 2.21. The average Bonchev–Trinajstić information content (AvgIpc) is 2.65. The molecule has 2 saturated heterocycles. The summed E-state index contributed by atoms with van der Waals surface area (Å²) in [7, 11) is 0. The number of hydrogen-bond donors (Lipinski definition) is 3. The second-order valence-electron chi connectivity index (χ2n) is 5.18. The summed E-state index contributed by atoms with van der Waals surface area (Å²) in [6.45, 7) is 4.44. The van der Waals surface area contributed by atoms with E-state index in [1.165, 1.54) is 13.3 Å². The molecule has 0 aliphatic carbocycles. The maximum atomic E-state index is 10.9. The molecule has 3 N–H and O–H groups in total. The van der Waals surface area contributed by atoms with Gasteiger partial charge in [-0.2, -0.15) is 0 Å². The molecule has 0 spiro atoms. The fourth-order valence-electron chi connectivity index (χ4n) is 2.82. The number of likely N-dealkylation sites (tertiary alicyclic amines) is 1. The number of hydrogen-bond acceptors (Lipinski definition) is 4. The number of piperidine rings is 1. The molecule has 3 unspecified atom stereocenters. The largest absolute Gasteiger partial charge is 0.479 e. The molecule has 5 nitrogen and oxygen atoms in total. The number of carbonyl (C=O) groups is 1. The number of aliphatic carboxylic acids is 1. The molecule has 16 heavy (non-hydrogen) atoms. The zero-order valence-corrected chi connectivity index (χ0v) is 9.65. The van der Waals surface area contributed by atoms with E-state index in [0.29, 0.717) is 12.0 Å². The van der Waals surface area contributed by atoms with Crippen molar-refractivity contribution in [3.05, 3.63) is 0 Å². The lowest BCUT2D eigenvalue weighted by Crippen LogP contribution is -2.54. The van der Waals surface area contributed by atoms with Crippen molar-refractivity contribution in [2.24, 2.45) is 5.92 Å². The van der Waals surface area contributed by atoms with Crippen LogP contribution in [0.15, 0.2) is 0 Å². The van der Waals surface area contributed by atoms with Crippen molar-refractivity contribution in [3.8, 4) is 0 Å². The van der Waals surface area contributed by atoms with Crippen LogP contribution in [0.25, 0.3) is 0 Å². The molecular weight excluding hydrogens is 208 g/mol. The first-order valence-electron chi connectivity index (χ1n) is 5.91. The highest BCUT2D eigenvalue weighted by Crippen LogP contribution is 2.27. The van der Waals surface area contributed by atoms with Crippen molar-refractivity contribution < 1.29 is 15.0 Å². The van der Waals surface area contributed by atoms with Crippen molar-refractivity contribution in [3.63, 3.8) is 0 Å². The second kappa shape index (κ2) is 4.31. The molecule has 2 aliphatic heterocycles. The van der Waals surface area contributed by atoms with Crippen LogP contribution in [0, 0.1) is 5.92 Å². The Morgan fingerprint density at radius 2 is 2.31 bits per heavy atom. The zero-order chi connectivity index (χ0) is 11.8. The van der Waals surface area contributed by atoms with Crippen LogP contribution in [0.5, 0.6) is 0 Å². The Labute approximate surface area is 95.4 Å². The van der Waals surface area contributed by atoms with E-state index in [2.05, 4.69) is 10.2 Å². The van der Waals surface area contributed by atoms with Gasteiger partial charge in [-0.1, -0.05) is 0 Å². The minimum atomic E-state index is -1.63. The molecule has 2 aliphatic rings. The van der Waals surface area contributed by atoms with Gasteiger partial charge in [-0.15, -0.1) is 0 Å². The van der Waals surface area contributed by atoms with Crippen LogP contribution in [-0.4, -0.2) is 58.9 Å². The molecular formula is C11H20N2O3. The molecule has 5 heteroatoms. The van der Waals surface area contributed by atoms with E-state index in [9.17, 15) is 9.90 Å². The van der Waals surface area contributed by atoms with Gasteiger partial charge in [-0.05, 0) is 38.8 Å². The van der Waals surface area contributed by atoms with Gasteiger partial charge in [-0.25, -0.2) is 4.79 Å². The highest BCUT2D eigenvalue weighted by atomic mass is 16.4. The van der Waals surface area contributed by atoms with E-state index in [4.69, 9.17) is 5.11 Å². The number of carboxylic acid groups (broad SMARTS) is 1. The first-order chi connectivity index (χ1) is 7.50. The zero-order valence-electron chi connectivity index (χ0n) is 9.65. The van der Waals surface area contributed by atoms with Crippen LogP contribution in [0.1, 0.15) is 19.8 Å². The maximum absolute atomic E-state index is 10.9. The molecule has 2 heterocycles. The van der Waals surface area contributed by atoms with Crippen LogP contribution in [0.2, 0.25) is 0 Å². The van der Waals surface area contributed by atoms with Gasteiger partial charge in [0.15, 0.2) is 5.60 Å². The number of rotatable bonds is 3. The first-order valence-corrected chi connectivity index (χ1v) is 5.91. The molecule has 0 saturated carbocycles. The van der Waals surface area contributed by atoms with Crippen molar-refractivity contribution in [1.82, 2.24) is 10.2 Å². The highest BCUT2D eigenvalue weighted by Gasteiger charge is 2.40. The molecule has 0 aromatic carbocycles. The van der Waals surface area contributed by atoms with Crippen LogP contribution >= 0.6 is 0 Å². The fraction of sp³-hybridized carbons (Fsp3) is 0.909. The predicted molar refractivity (Wildman–Crippen MR) is 59.2 cm³/mol. The first kappa shape index (κ1) is 11.8. The van der Waals surface area contributed by atoms with Gasteiger partial charge < -0.3 is 15.5 Å². The lowest BCUT2D eigenvalue weighted by molar-refractivity contribution is -0.159. The van der Waals surface area contributed by atoms with E-state index in [0.717, 1.165) is 26.1 Å². The smallest absolute Gasteiger partial charge is 0.336 e. The second-order valence-corrected chi connectivity index (χ2v) is 5.18. The minimum Gasteiger partial charge on any atom is -0.479 e. The monoisotopic (exact) mass is 228 g/mol. The molecule has 0 radical (unpaired) electrons. The van der Waals surface area contributed by atoms with Gasteiger partial charge in [0.1, 0.15) is 0 Å². The van der Waals surface area contributed by atoms with Gasteiger partial charge in [0, 0.05) is 19.1 Å². The number of carboxylic acids is 1.